The monoisotopic (exact) mass is 247 g/mol. The van der Waals surface area contributed by atoms with Crippen LogP contribution in [0.4, 0.5) is 5.82 Å². The van der Waals surface area contributed by atoms with E-state index in [2.05, 4.69) is 9.88 Å². The molecule has 1 aromatic rings. The van der Waals surface area contributed by atoms with Crippen molar-refractivity contribution in [2.24, 2.45) is 11.1 Å². The average Bonchev–Trinajstić information content (AvgIpc) is 3.01. The lowest BCUT2D eigenvalue weighted by Crippen LogP contribution is -2.28. The number of hydrogen-bond donors (Lipinski definition) is 1. The minimum atomic E-state index is -0.406. The number of anilines is 1. The lowest BCUT2D eigenvalue weighted by Gasteiger charge is -2.22. The molecule has 5 heteroatoms. The van der Waals surface area contributed by atoms with Crippen molar-refractivity contribution in [2.45, 2.75) is 12.8 Å². The van der Waals surface area contributed by atoms with Crippen LogP contribution in [0.25, 0.3) is 0 Å². The molecule has 2 aliphatic heterocycles. The van der Waals surface area contributed by atoms with Crippen molar-refractivity contribution in [1.82, 2.24) is 4.98 Å². The van der Waals surface area contributed by atoms with E-state index in [0.29, 0.717) is 11.0 Å². The molecule has 1 unspecified atom stereocenters. The fourth-order valence-electron chi connectivity index (χ4n) is 2.85. The standard InChI is InChI=1S/C13H17N3O2/c14-12(17)10-1-4-15-11(7-10)16-5-2-13(8-16)3-6-18-9-13/h1,4,7H,2-3,5-6,8-9H2,(H2,14,17). The number of pyridine rings is 1. The third kappa shape index (κ3) is 1.95. The minimum Gasteiger partial charge on any atom is -0.381 e. The van der Waals surface area contributed by atoms with Crippen molar-refractivity contribution < 1.29 is 9.53 Å². The Morgan fingerprint density at radius 3 is 3.11 bits per heavy atom. The number of aromatic nitrogens is 1. The topological polar surface area (TPSA) is 68.5 Å². The summed E-state index contributed by atoms with van der Waals surface area (Å²) >= 11 is 0. The summed E-state index contributed by atoms with van der Waals surface area (Å²) in [6, 6.07) is 3.42. The molecule has 2 N–H and O–H groups in total. The van der Waals surface area contributed by atoms with E-state index in [0.717, 1.165) is 45.0 Å². The van der Waals surface area contributed by atoms with Crippen molar-refractivity contribution in [3.05, 3.63) is 23.9 Å². The molecule has 1 spiro atoms. The number of primary amides is 1. The van der Waals surface area contributed by atoms with E-state index in [1.807, 2.05) is 0 Å². The Hall–Kier alpha value is -1.62. The first kappa shape index (κ1) is 11.5. The second-order valence-corrected chi connectivity index (χ2v) is 5.24. The molecule has 0 bridgehead atoms. The van der Waals surface area contributed by atoms with Gasteiger partial charge in [-0.25, -0.2) is 4.98 Å². The Morgan fingerprint density at radius 1 is 1.50 bits per heavy atom. The molecule has 3 rings (SSSR count). The maximum atomic E-state index is 11.2. The van der Waals surface area contributed by atoms with Gasteiger partial charge in [-0.1, -0.05) is 0 Å². The zero-order chi connectivity index (χ0) is 12.6. The highest BCUT2D eigenvalue weighted by Crippen LogP contribution is 2.39. The molecular weight excluding hydrogens is 230 g/mol. The maximum absolute atomic E-state index is 11.2. The Balaban J connectivity index is 1.80. The van der Waals surface area contributed by atoms with Crippen LogP contribution in [0.5, 0.6) is 0 Å². The SMILES string of the molecule is NC(=O)c1ccnc(N2CCC3(CCOC3)C2)c1. The van der Waals surface area contributed by atoms with E-state index in [9.17, 15) is 4.79 Å². The molecule has 5 nitrogen and oxygen atoms in total. The largest absolute Gasteiger partial charge is 0.381 e. The summed E-state index contributed by atoms with van der Waals surface area (Å²) in [5.41, 5.74) is 6.11. The molecule has 0 aliphatic carbocycles. The summed E-state index contributed by atoms with van der Waals surface area (Å²) in [5, 5.41) is 0. The minimum absolute atomic E-state index is 0.296. The highest BCUT2D eigenvalue weighted by Gasteiger charge is 2.41. The number of nitrogens with zero attached hydrogens (tertiary/aromatic N) is 2. The molecule has 2 saturated heterocycles. The van der Waals surface area contributed by atoms with Crippen LogP contribution >= 0.6 is 0 Å². The Morgan fingerprint density at radius 2 is 2.39 bits per heavy atom. The predicted molar refractivity (Wildman–Crippen MR) is 67.5 cm³/mol. The number of amides is 1. The second-order valence-electron chi connectivity index (χ2n) is 5.24. The quantitative estimate of drug-likeness (QED) is 0.839. The van der Waals surface area contributed by atoms with Gasteiger partial charge in [-0.3, -0.25) is 4.79 Å². The number of nitrogens with two attached hydrogens (primary N) is 1. The molecule has 96 valence electrons. The van der Waals surface area contributed by atoms with Gasteiger partial charge in [0.2, 0.25) is 5.91 Å². The van der Waals surface area contributed by atoms with Crippen LogP contribution in [0.1, 0.15) is 23.2 Å². The van der Waals surface area contributed by atoms with Gasteiger partial charge in [-0.05, 0) is 25.0 Å². The molecule has 3 heterocycles. The van der Waals surface area contributed by atoms with E-state index in [4.69, 9.17) is 10.5 Å². The van der Waals surface area contributed by atoms with Crippen molar-refractivity contribution in [3.63, 3.8) is 0 Å². The van der Waals surface area contributed by atoms with Gasteiger partial charge in [0.25, 0.3) is 0 Å². The first-order valence-corrected chi connectivity index (χ1v) is 6.27. The van der Waals surface area contributed by atoms with Crippen LogP contribution < -0.4 is 10.6 Å². The summed E-state index contributed by atoms with van der Waals surface area (Å²) in [6.45, 7) is 3.64. The molecule has 0 aromatic carbocycles. The molecular formula is C13H17N3O2. The van der Waals surface area contributed by atoms with Crippen LogP contribution in [0.3, 0.4) is 0 Å². The highest BCUT2D eigenvalue weighted by atomic mass is 16.5. The van der Waals surface area contributed by atoms with Crippen LogP contribution in [-0.2, 0) is 4.74 Å². The third-order valence-corrected chi connectivity index (χ3v) is 3.98. The number of carbonyl (C=O) groups excluding carboxylic acids is 1. The lowest BCUT2D eigenvalue weighted by atomic mass is 9.87. The summed E-state index contributed by atoms with van der Waals surface area (Å²) < 4.78 is 5.51. The van der Waals surface area contributed by atoms with Crippen molar-refractivity contribution >= 4 is 11.7 Å². The van der Waals surface area contributed by atoms with Crippen LogP contribution in [0.15, 0.2) is 18.3 Å². The summed E-state index contributed by atoms with van der Waals surface area (Å²) in [7, 11) is 0. The Labute approximate surface area is 106 Å². The zero-order valence-electron chi connectivity index (χ0n) is 10.3. The Bertz CT molecular complexity index is 469. The third-order valence-electron chi connectivity index (χ3n) is 3.98. The maximum Gasteiger partial charge on any atom is 0.248 e. The van der Waals surface area contributed by atoms with Gasteiger partial charge in [0.15, 0.2) is 0 Å². The normalized spacial score (nSPS) is 27.0. The predicted octanol–water partition coefficient (Wildman–Crippen LogP) is 0.797. The average molecular weight is 247 g/mol. The number of rotatable bonds is 2. The van der Waals surface area contributed by atoms with Gasteiger partial charge in [-0.15, -0.1) is 0 Å². The first-order valence-electron chi connectivity index (χ1n) is 6.27. The first-order chi connectivity index (χ1) is 8.69. The molecule has 18 heavy (non-hydrogen) atoms. The molecule has 0 saturated carbocycles. The second kappa shape index (κ2) is 4.24. The molecule has 1 aromatic heterocycles. The van der Waals surface area contributed by atoms with Gasteiger partial charge in [-0.2, -0.15) is 0 Å². The summed E-state index contributed by atoms with van der Waals surface area (Å²) in [5.74, 6) is 0.437. The van der Waals surface area contributed by atoms with Gasteiger partial charge in [0.1, 0.15) is 5.82 Å². The van der Waals surface area contributed by atoms with Crippen molar-refractivity contribution in [2.75, 3.05) is 31.2 Å². The lowest BCUT2D eigenvalue weighted by molar-refractivity contribution is 0.1000. The molecule has 1 amide bonds. The van der Waals surface area contributed by atoms with Gasteiger partial charge >= 0.3 is 0 Å². The van der Waals surface area contributed by atoms with Crippen molar-refractivity contribution in [1.29, 1.82) is 0 Å². The smallest absolute Gasteiger partial charge is 0.248 e. The summed E-state index contributed by atoms with van der Waals surface area (Å²) in [6.07, 6.45) is 3.90. The van der Waals surface area contributed by atoms with E-state index in [-0.39, 0.29) is 0 Å². The highest BCUT2D eigenvalue weighted by molar-refractivity contribution is 5.93. The van der Waals surface area contributed by atoms with Crippen LogP contribution in [-0.4, -0.2) is 37.2 Å². The van der Waals surface area contributed by atoms with E-state index >= 15 is 0 Å². The molecule has 0 radical (unpaired) electrons. The van der Waals surface area contributed by atoms with Gasteiger partial charge in [0, 0.05) is 36.9 Å². The van der Waals surface area contributed by atoms with Crippen LogP contribution in [0.2, 0.25) is 0 Å². The van der Waals surface area contributed by atoms with Gasteiger partial charge in [0.05, 0.1) is 6.61 Å². The van der Waals surface area contributed by atoms with Crippen molar-refractivity contribution in [3.8, 4) is 0 Å². The number of hydrogen-bond acceptors (Lipinski definition) is 4. The van der Waals surface area contributed by atoms with E-state index in [1.165, 1.54) is 0 Å². The number of ether oxygens (including phenoxy) is 1. The van der Waals surface area contributed by atoms with Crippen LogP contribution in [0, 0.1) is 5.41 Å². The summed E-state index contributed by atoms with van der Waals surface area (Å²) in [4.78, 5) is 17.7. The molecule has 2 fully saturated rings. The van der Waals surface area contributed by atoms with E-state index in [1.54, 1.807) is 18.3 Å². The zero-order valence-corrected chi connectivity index (χ0v) is 10.3. The fourth-order valence-corrected chi connectivity index (χ4v) is 2.85. The molecule has 2 aliphatic rings. The number of carbonyl (C=O) groups is 1. The van der Waals surface area contributed by atoms with E-state index < -0.39 is 5.91 Å². The fraction of sp³-hybridized carbons (Fsp3) is 0.538. The Kier molecular flexibility index (Phi) is 2.70. The molecule has 1 atom stereocenters. The van der Waals surface area contributed by atoms with Gasteiger partial charge < -0.3 is 15.4 Å².